The van der Waals surface area contributed by atoms with Gasteiger partial charge in [-0.1, -0.05) is 43.3 Å². The lowest BCUT2D eigenvalue weighted by molar-refractivity contribution is -0.122. The number of amides is 3. The molecule has 2 aromatic carbocycles. The van der Waals surface area contributed by atoms with Crippen LogP contribution in [0.15, 0.2) is 53.6 Å². The number of ether oxygens (including phenoxy) is 4. The summed E-state index contributed by atoms with van der Waals surface area (Å²) in [6, 6.07) is 16.1. The van der Waals surface area contributed by atoms with Crippen molar-refractivity contribution in [1.82, 2.24) is 20.6 Å². The van der Waals surface area contributed by atoms with Gasteiger partial charge >= 0.3 is 0 Å². The summed E-state index contributed by atoms with van der Waals surface area (Å²) in [7, 11) is 0. The average molecular weight is 676 g/mol. The first-order valence-corrected chi connectivity index (χ1v) is 16.9. The van der Waals surface area contributed by atoms with E-state index in [2.05, 4.69) is 58.1 Å². The minimum atomic E-state index is -0.249. The summed E-state index contributed by atoms with van der Waals surface area (Å²) in [4.78, 5) is 41.6. The number of rotatable bonds is 19. The first-order chi connectivity index (χ1) is 23.9. The Morgan fingerprint density at radius 1 is 0.898 bits per heavy atom. The summed E-state index contributed by atoms with van der Waals surface area (Å²) in [5.74, 6) is -0.341. The molecule has 1 aromatic heterocycles. The smallest absolute Gasteiger partial charge is 0.270 e. The predicted octanol–water partition coefficient (Wildman–Crippen LogP) is 2.49. The van der Waals surface area contributed by atoms with Crippen molar-refractivity contribution in [2.75, 3.05) is 72.5 Å². The first-order valence-electron chi connectivity index (χ1n) is 16.9. The molecule has 3 amide bonds. The quantitative estimate of drug-likeness (QED) is 0.101. The molecule has 264 valence electrons. The van der Waals surface area contributed by atoms with Crippen molar-refractivity contribution in [2.24, 2.45) is 5.10 Å². The molecule has 0 aliphatic carbocycles. The number of aromatic amines is 1. The highest BCUT2D eigenvalue weighted by molar-refractivity contribution is 6.04. The van der Waals surface area contributed by atoms with Crippen molar-refractivity contribution in [1.29, 1.82) is 0 Å². The second-order valence-corrected chi connectivity index (χ2v) is 11.7. The third-order valence-electron chi connectivity index (χ3n) is 7.95. The maximum atomic E-state index is 13.4. The van der Waals surface area contributed by atoms with Crippen LogP contribution in [0.4, 0.5) is 0 Å². The molecule has 0 unspecified atom stereocenters. The lowest BCUT2D eigenvalue weighted by Crippen LogP contribution is -2.30. The van der Waals surface area contributed by atoms with Crippen LogP contribution in [0.2, 0.25) is 0 Å². The lowest BCUT2D eigenvalue weighted by atomic mass is 10.1. The van der Waals surface area contributed by atoms with E-state index in [9.17, 15) is 14.4 Å². The number of hydrogen-bond donors (Lipinski definition) is 3. The molecular weight excluding hydrogens is 626 g/mol. The van der Waals surface area contributed by atoms with Crippen molar-refractivity contribution in [3.8, 4) is 0 Å². The molecule has 1 aliphatic rings. The summed E-state index contributed by atoms with van der Waals surface area (Å²) in [5.41, 5.74) is 6.80. The van der Waals surface area contributed by atoms with Gasteiger partial charge in [0.2, 0.25) is 11.8 Å². The summed E-state index contributed by atoms with van der Waals surface area (Å²) >= 11 is 0. The van der Waals surface area contributed by atoms with Crippen LogP contribution in [0.5, 0.6) is 0 Å². The Hall–Kier alpha value is -4.36. The monoisotopic (exact) mass is 675 g/mol. The number of nitrogens with one attached hydrogen (secondary N) is 3. The molecule has 1 fully saturated rings. The molecule has 3 N–H and O–H groups in total. The van der Waals surface area contributed by atoms with Crippen molar-refractivity contribution >= 4 is 46.0 Å². The molecule has 0 bridgehead atoms. The molecule has 0 radical (unpaired) electrons. The van der Waals surface area contributed by atoms with Gasteiger partial charge in [0.1, 0.15) is 5.69 Å². The van der Waals surface area contributed by atoms with Crippen molar-refractivity contribution in [2.45, 2.75) is 40.0 Å². The number of nitrogens with zero attached hydrogens (tertiary/aromatic N) is 2. The van der Waals surface area contributed by atoms with E-state index < -0.39 is 0 Å². The van der Waals surface area contributed by atoms with E-state index in [4.69, 9.17) is 18.9 Å². The van der Waals surface area contributed by atoms with Gasteiger partial charge in [-0.3, -0.25) is 14.4 Å². The number of carbonyl (C=O) groups is 3. The number of benzene rings is 2. The van der Waals surface area contributed by atoms with Crippen molar-refractivity contribution in [3.63, 3.8) is 0 Å². The summed E-state index contributed by atoms with van der Waals surface area (Å²) in [6.07, 6.45) is 4.23. The fourth-order valence-electron chi connectivity index (χ4n) is 5.40. The molecule has 49 heavy (non-hydrogen) atoms. The number of hydrogen-bond acceptors (Lipinski definition) is 8. The van der Waals surface area contributed by atoms with E-state index in [1.165, 1.54) is 22.9 Å². The van der Waals surface area contributed by atoms with Gasteiger partial charge < -0.3 is 34.1 Å². The molecule has 0 spiro atoms. The molecule has 0 saturated carbocycles. The van der Waals surface area contributed by atoms with E-state index >= 15 is 0 Å². The van der Waals surface area contributed by atoms with Crippen LogP contribution < -0.4 is 21.2 Å². The van der Waals surface area contributed by atoms with Crippen LogP contribution in [-0.2, 0) is 28.5 Å². The van der Waals surface area contributed by atoms with E-state index in [1.807, 2.05) is 36.1 Å². The van der Waals surface area contributed by atoms with Crippen LogP contribution in [0.1, 0.15) is 56.1 Å². The Balaban J connectivity index is 1.13. The number of likely N-dealkylation sites (tertiary alicyclic amines) is 1. The lowest BCUT2D eigenvalue weighted by Gasteiger charge is -2.13. The highest BCUT2D eigenvalue weighted by Gasteiger charge is 2.24. The zero-order valence-electron chi connectivity index (χ0n) is 28.8. The average Bonchev–Trinajstić information content (AvgIpc) is 3.76. The maximum absolute atomic E-state index is 13.4. The van der Waals surface area contributed by atoms with Gasteiger partial charge in [0.15, 0.2) is 0 Å². The highest BCUT2D eigenvalue weighted by atomic mass is 16.6. The molecule has 12 heteroatoms. The Labute approximate surface area is 287 Å². The largest absolute Gasteiger partial charge is 0.379 e. The fraction of sp³-hybridized carbons (Fsp3) is 0.459. The third kappa shape index (κ3) is 12.2. The Bertz CT molecular complexity index is 1700. The van der Waals surface area contributed by atoms with E-state index in [0.29, 0.717) is 77.3 Å². The normalized spacial score (nSPS) is 14.9. The number of fused-ring (bicyclic) bond motifs is 1. The number of carbonyl (C=O) groups excluding carboxylic acids is 3. The minimum absolute atomic E-state index is 0.0143. The van der Waals surface area contributed by atoms with Gasteiger partial charge in [0, 0.05) is 37.5 Å². The van der Waals surface area contributed by atoms with E-state index in [-0.39, 0.29) is 30.7 Å². The summed E-state index contributed by atoms with van der Waals surface area (Å²) in [6.45, 7) is 10.5. The molecular formula is C37H49N5O7. The molecule has 0 atom stereocenters. The molecule has 12 nitrogen and oxygen atoms in total. The van der Waals surface area contributed by atoms with Crippen LogP contribution in [0.3, 0.4) is 0 Å². The number of hydrazone groups is 1. The highest BCUT2D eigenvalue weighted by Crippen LogP contribution is 2.22. The van der Waals surface area contributed by atoms with Crippen molar-refractivity contribution in [3.05, 3.63) is 70.2 Å². The topological polar surface area (TPSA) is 144 Å². The summed E-state index contributed by atoms with van der Waals surface area (Å²) < 4.78 is 21.7. The standard InChI is InChI=1S/C37H49N5O7/c1-4-7-29-8-5-6-9-33(29)31-12-15-42(26-31)37(45)35-25-32-24-30(10-11-34(32)39-35)27(2)40-41-36(44)13-16-46-18-20-48-22-23-49-21-19-47-17-14-38-28(3)43/h5-11,24-25,39H,4,12-23,26H2,1-3H3,(H,38,43)(H,41,44)/b29-7-,33-31-,40-27+. The number of H-pyrrole nitrogens is 1. The number of aromatic nitrogens is 1. The van der Waals surface area contributed by atoms with Gasteiger partial charge in [-0.05, 0) is 59.5 Å². The van der Waals surface area contributed by atoms with Crippen molar-refractivity contribution < 1.29 is 33.3 Å². The molecule has 1 saturated heterocycles. The van der Waals surface area contributed by atoms with E-state index in [0.717, 1.165) is 29.3 Å². The molecule has 3 aromatic rings. The second kappa shape index (κ2) is 20.2. The van der Waals surface area contributed by atoms with Crippen LogP contribution in [-0.4, -0.2) is 106 Å². The van der Waals surface area contributed by atoms with Gasteiger partial charge in [-0.15, -0.1) is 0 Å². The molecule has 4 rings (SSSR count). The van der Waals surface area contributed by atoms with Gasteiger partial charge in [-0.2, -0.15) is 5.10 Å². The third-order valence-corrected chi connectivity index (χ3v) is 7.95. The van der Waals surface area contributed by atoms with E-state index in [1.54, 1.807) is 0 Å². The maximum Gasteiger partial charge on any atom is 0.270 e. The molecule has 2 heterocycles. The Kier molecular flexibility index (Phi) is 15.5. The van der Waals surface area contributed by atoms with Gasteiger partial charge in [-0.25, -0.2) is 5.43 Å². The Morgan fingerprint density at radius 3 is 2.31 bits per heavy atom. The van der Waals surface area contributed by atoms with Gasteiger partial charge in [0.25, 0.3) is 5.91 Å². The Morgan fingerprint density at radius 2 is 1.59 bits per heavy atom. The van der Waals surface area contributed by atoms with Crippen LogP contribution >= 0.6 is 0 Å². The summed E-state index contributed by atoms with van der Waals surface area (Å²) in [5, 5.41) is 10.3. The van der Waals surface area contributed by atoms with Gasteiger partial charge in [0.05, 0.1) is 65.0 Å². The molecule has 1 aliphatic heterocycles. The minimum Gasteiger partial charge on any atom is -0.379 e. The first kappa shape index (κ1) is 37.5. The van der Waals surface area contributed by atoms with Crippen LogP contribution in [0.25, 0.3) is 22.6 Å². The zero-order valence-corrected chi connectivity index (χ0v) is 28.8. The predicted molar refractivity (Wildman–Crippen MR) is 190 cm³/mol. The fourth-order valence-corrected chi connectivity index (χ4v) is 5.40. The second-order valence-electron chi connectivity index (χ2n) is 11.7. The van der Waals surface area contributed by atoms with Crippen LogP contribution in [0, 0.1) is 0 Å². The SMILES string of the molecule is CC/C=c1/cccc/c1=C1\CCN(C(=O)c2cc3cc(/C(C)=N/NC(=O)CCOCCOCCOCCOCCNC(C)=O)ccc3[nH]2)C1. The zero-order chi connectivity index (χ0) is 34.8.